The summed E-state index contributed by atoms with van der Waals surface area (Å²) >= 11 is 1.52. The second-order valence-electron chi connectivity index (χ2n) is 6.61. The van der Waals surface area contributed by atoms with Crippen LogP contribution in [-0.2, 0) is 16.6 Å². The molecule has 0 radical (unpaired) electrons. The standard InChI is InChI=1S/C19H25N5O2S/c1-13(27-16-6-4-15(5-7-16)22-14(2)25)19(26)24-11-8-20-12-17(24)18-21-9-10-23(18)3/h4-7,9-10,13,17,20H,8,11-12H2,1-3H3,(H,22,25). The number of imidazole rings is 1. The van der Waals surface area contributed by atoms with Crippen molar-refractivity contribution in [3.05, 3.63) is 42.5 Å². The summed E-state index contributed by atoms with van der Waals surface area (Å²) < 4.78 is 1.97. The average Bonchev–Trinajstić information content (AvgIpc) is 3.08. The molecule has 2 N–H and O–H groups in total. The summed E-state index contributed by atoms with van der Waals surface area (Å²) in [4.78, 5) is 31.6. The Kier molecular flexibility index (Phi) is 6.18. The molecule has 2 heterocycles. The van der Waals surface area contributed by atoms with Gasteiger partial charge in [-0.25, -0.2) is 4.98 Å². The van der Waals surface area contributed by atoms with Crippen molar-refractivity contribution in [1.29, 1.82) is 0 Å². The molecule has 0 spiro atoms. The fraction of sp³-hybridized carbons (Fsp3) is 0.421. The molecule has 8 heteroatoms. The van der Waals surface area contributed by atoms with Crippen molar-refractivity contribution >= 4 is 29.3 Å². The molecule has 2 unspecified atom stereocenters. The highest BCUT2D eigenvalue weighted by Gasteiger charge is 2.33. The number of benzene rings is 1. The molecule has 7 nitrogen and oxygen atoms in total. The van der Waals surface area contributed by atoms with Gasteiger partial charge in [0.1, 0.15) is 11.9 Å². The third-order valence-corrected chi connectivity index (χ3v) is 5.62. The molecule has 27 heavy (non-hydrogen) atoms. The van der Waals surface area contributed by atoms with Gasteiger partial charge >= 0.3 is 0 Å². The molecule has 1 aromatic carbocycles. The number of anilines is 1. The van der Waals surface area contributed by atoms with Gasteiger partial charge in [0, 0.05) is 56.6 Å². The normalized spacial score (nSPS) is 18.2. The van der Waals surface area contributed by atoms with Gasteiger partial charge in [0.15, 0.2) is 0 Å². The minimum absolute atomic E-state index is 0.0588. The minimum Gasteiger partial charge on any atom is -0.336 e. The first-order valence-electron chi connectivity index (χ1n) is 8.98. The Bertz CT molecular complexity index is 805. The van der Waals surface area contributed by atoms with Crippen molar-refractivity contribution in [1.82, 2.24) is 19.8 Å². The van der Waals surface area contributed by atoms with Crippen LogP contribution in [0.25, 0.3) is 0 Å². The number of carbonyl (C=O) groups excluding carboxylic acids is 2. The zero-order chi connectivity index (χ0) is 19.4. The van der Waals surface area contributed by atoms with E-state index < -0.39 is 0 Å². The number of nitrogens with one attached hydrogen (secondary N) is 2. The van der Waals surface area contributed by atoms with Gasteiger partial charge in [-0.15, -0.1) is 11.8 Å². The molecule has 0 saturated carbocycles. The Labute approximate surface area is 163 Å². The van der Waals surface area contributed by atoms with E-state index in [2.05, 4.69) is 15.6 Å². The Hall–Kier alpha value is -2.32. The molecule has 3 rings (SSSR count). The molecule has 144 valence electrons. The van der Waals surface area contributed by atoms with Crippen LogP contribution in [-0.4, -0.2) is 51.1 Å². The summed E-state index contributed by atoms with van der Waals surface area (Å²) in [6, 6.07) is 7.49. The van der Waals surface area contributed by atoms with Gasteiger partial charge in [0.2, 0.25) is 11.8 Å². The maximum absolute atomic E-state index is 13.1. The molecular formula is C19H25N5O2S. The molecule has 0 aliphatic carbocycles. The van der Waals surface area contributed by atoms with Gasteiger partial charge < -0.3 is 20.1 Å². The van der Waals surface area contributed by atoms with Crippen molar-refractivity contribution < 1.29 is 9.59 Å². The van der Waals surface area contributed by atoms with E-state index in [0.29, 0.717) is 13.1 Å². The van der Waals surface area contributed by atoms with E-state index in [1.807, 2.05) is 53.9 Å². The third kappa shape index (κ3) is 4.70. The predicted octanol–water partition coefficient (Wildman–Crippen LogP) is 2.03. The lowest BCUT2D eigenvalue weighted by Crippen LogP contribution is -2.51. The van der Waals surface area contributed by atoms with Crippen LogP contribution in [0.1, 0.15) is 25.7 Å². The summed E-state index contributed by atoms with van der Waals surface area (Å²) in [5, 5.41) is 5.89. The molecular weight excluding hydrogens is 362 g/mol. The van der Waals surface area contributed by atoms with E-state index >= 15 is 0 Å². The maximum atomic E-state index is 13.1. The lowest BCUT2D eigenvalue weighted by atomic mass is 10.1. The number of thioether (sulfide) groups is 1. The van der Waals surface area contributed by atoms with Crippen LogP contribution in [0.15, 0.2) is 41.6 Å². The molecule has 2 aromatic rings. The number of aromatic nitrogens is 2. The van der Waals surface area contributed by atoms with Gasteiger partial charge in [-0.1, -0.05) is 0 Å². The van der Waals surface area contributed by atoms with Crippen LogP contribution in [0, 0.1) is 0 Å². The van der Waals surface area contributed by atoms with Crippen molar-refractivity contribution in [3.8, 4) is 0 Å². The Morgan fingerprint density at radius 1 is 1.33 bits per heavy atom. The quantitative estimate of drug-likeness (QED) is 0.768. The number of amides is 2. The Morgan fingerprint density at radius 3 is 2.70 bits per heavy atom. The number of rotatable bonds is 5. The maximum Gasteiger partial charge on any atom is 0.236 e. The number of aryl methyl sites for hydroxylation is 1. The van der Waals surface area contributed by atoms with E-state index in [0.717, 1.165) is 23.0 Å². The van der Waals surface area contributed by atoms with E-state index in [-0.39, 0.29) is 23.1 Å². The topological polar surface area (TPSA) is 79.3 Å². The lowest BCUT2D eigenvalue weighted by Gasteiger charge is -2.37. The van der Waals surface area contributed by atoms with Crippen molar-refractivity contribution in [2.45, 2.75) is 30.0 Å². The Morgan fingerprint density at radius 2 is 2.07 bits per heavy atom. The monoisotopic (exact) mass is 387 g/mol. The largest absolute Gasteiger partial charge is 0.336 e. The summed E-state index contributed by atoms with van der Waals surface area (Å²) in [5.74, 6) is 0.908. The summed E-state index contributed by atoms with van der Waals surface area (Å²) in [7, 11) is 1.95. The van der Waals surface area contributed by atoms with Crippen LogP contribution in [0.4, 0.5) is 5.69 Å². The summed E-state index contributed by atoms with van der Waals surface area (Å²) in [5.41, 5.74) is 0.753. The number of carbonyl (C=O) groups is 2. The first-order chi connectivity index (χ1) is 13.0. The smallest absolute Gasteiger partial charge is 0.236 e. The number of piperazine rings is 1. The van der Waals surface area contributed by atoms with Gasteiger partial charge in [-0.2, -0.15) is 0 Å². The van der Waals surface area contributed by atoms with E-state index in [9.17, 15) is 9.59 Å². The number of nitrogens with zero attached hydrogens (tertiary/aromatic N) is 3. The highest BCUT2D eigenvalue weighted by atomic mass is 32.2. The van der Waals surface area contributed by atoms with Crippen LogP contribution < -0.4 is 10.6 Å². The molecule has 1 aliphatic heterocycles. The summed E-state index contributed by atoms with van der Waals surface area (Å²) in [6.45, 7) is 5.58. The molecule has 2 amide bonds. The van der Waals surface area contributed by atoms with Crippen molar-refractivity contribution in [2.75, 3.05) is 25.0 Å². The lowest BCUT2D eigenvalue weighted by molar-refractivity contribution is -0.133. The highest BCUT2D eigenvalue weighted by molar-refractivity contribution is 8.00. The van der Waals surface area contributed by atoms with E-state index in [1.54, 1.807) is 6.20 Å². The predicted molar refractivity (Wildman–Crippen MR) is 107 cm³/mol. The first-order valence-corrected chi connectivity index (χ1v) is 9.86. The SMILES string of the molecule is CC(=O)Nc1ccc(SC(C)C(=O)N2CCNCC2c2nccn2C)cc1. The van der Waals surface area contributed by atoms with Crippen molar-refractivity contribution in [3.63, 3.8) is 0 Å². The molecule has 1 aliphatic rings. The van der Waals surface area contributed by atoms with Crippen LogP contribution in [0.5, 0.6) is 0 Å². The van der Waals surface area contributed by atoms with Crippen LogP contribution >= 0.6 is 11.8 Å². The molecule has 1 saturated heterocycles. The number of hydrogen-bond acceptors (Lipinski definition) is 5. The number of hydrogen-bond donors (Lipinski definition) is 2. The molecule has 1 aromatic heterocycles. The zero-order valence-corrected chi connectivity index (χ0v) is 16.6. The molecule has 0 bridgehead atoms. The fourth-order valence-corrected chi connectivity index (χ4v) is 4.14. The van der Waals surface area contributed by atoms with E-state index in [4.69, 9.17) is 0 Å². The van der Waals surface area contributed by atoms with Gasteiger partial charge in [-0.3, -0.25) is 9.59 Å². The fourth-order valence-electron chi connectivity index (χ4n) is 3.21. The van der Waals surface area contributed by atoms with Gasteiger partial charge in [0.25, 0.3) is 0 Å². The third-order valence-electron chi connectivity index (χ3n) is 4.52. The van der Waals surface area contributed by atoms with Crippen molar-refractivity contribution in [2.24, 2.45) is 7.05 Å². The van der Waals surface area contributed by atoms with Crippen LogP contribution in [0.3, 0.4) is 0 Å². The Balaban J connectivity index is 1.68. The zero-order valence-electron chi connectivity index (χ0n) is 15.8. The van der Waals surface area contributed by atoms with Gasteiger partial charge in [-0.05, 0) is 31.2 Å². The minimum atomic E-state index is -0.211. The molecule has 2 atom stereocenters. The van der Waals surface area contributed by atoms with E-state index in [1.165, 1.54) is 18.7 Å². The second-order valence-corrected chi connectivity index (χ2v) is 8.03. The first kappa shape index (κ1) is 19.4. The molecule has 1 fully saturated rings. The van der Waals surface area contributed by atoms with Gasteiger partial charge in [0.05, 0.1) is 5.25 Å². The average molecular weight is 388 g/mol. The summed E-state index contributed by atoms with van der Waals surface area (Å²) in [6.07, 6.45) is 3.67. The van der Waals surface area contributed by atoms with Crippen LogP contribution in [0.2, 0.25) is 0 Å². The second kappa shape index (κ2) is 8.58. The highest BCUT2D eigenvalue weighted by Crippen LogP contribution is 2.29.